The van der Waals surface area contributed by atoms with E-state index >= 15 is 0 Å². The summed E-state index contributed by atoms with van der Waals surface area (Å²) in [7, 11) is 3.19. The third-order valence-electron chi connectivity index (χ3n) is 2.95. The van der Waals surface area contributed by atoms with Crippen molar-refractivity contribution in [1.82, 2.24) is 0 Å². The van der Waals surface area contributed by atoms with Crippen LogP contribution >= 0.6 is 27.5 Å². The van der Waals surface area contributed by atoms with Crippen molar-refractivity contribution >= 4 is 27.5 Å². The smallest absolute Gasteiger partial charge is 0.203 e. The van der Waals surface area contributed by atoms with Gasteiger partial charge < -0.3 is 14.2 Å². The number of hydrogen-bond acceptors (Lipinski definition) is 3. The maximum absolute atomic E-state index is 5.88. The summed E-state index contributed by atoms with van der Waals surface area (Å²) in [6, 6.07) is 11.6. The highest BCUT2D eigenvalue weighted by molar-refractivity contribution is 9.10. The summed E-state index contributed by atoms with van der Waals surface area (Å²) in [6.45, 7) is 0.423. The van der Waals surface area contributed by atoms with Gasteiger partial charge >= 0.3 is 0 Å². The maximum Gasteiger partial charge on any atom is 0.203 e. The van der Waals surface area contributed by atoms with Gasteiger partial charge in [0.25, 0.3) is 0 Å². The highest BCUT2D eigenvalue weighted by atomic mass is 79.9. The monoisotopic (exact) mass is 370 g/mol. The first-order chi connectivity index (χ1) is 10.2. The van der Waals surface area contributed by atoms with Gasteiger partial charge in [-0.25, -0.2) is 0 Å². The quantitative estimate of drug-likeness (QED) is 0.684. The molecule has 0 aromatic heterocycles. The van der Waals surface area contributed by atoms with Gasteiger partial charge in [-0.3, -0.25) is 0 Å². The van der Waals surface area contributed by atoms with Crippen LogP contribution in [-0.4, -0.2) is 14.2 Å². The first-order valence-electron chi connectivity index (χ1n) is 6.36. The molecule has 0 aliphatic carbocycles. The molecule has 0 unspecified atom stereocenters. The molecule has 112 valence electrons. The second kappa shape index (κ2) is 7.57. The van der Waals surface area contributed by atoms with E-state index in [4.69, 9.17) is 25.8 Å². The fourth-order valence-corrected chi connectivity index (χ4v) is 2.54. The average Bonchev–Trinajstić information content (AvgIpc) is 2.52. The standard InChI is InChI=1S/C16H16BrClO3/c1-19-14-7-12(9-18)8-15(20-2)16(14)21-10-11-4-3-5-13(17)6-11/h3-8H,9-10H2,1-2H3. The van der Waals surface area contributed by atoms with Gasteiger partial charge in [0.1, 0.15) is 6.61 Å². The molecule has 0 N–H and O–H groups in total. The minimum Gasteiger partial charge on any atom is -0.493 e. The van der Waals surface area contributed by atoms with Crippen LogP contribution in [0.5, 0.6) is 17.2 Å². The van der Waals surface area contributed by atoms with E-state index < -0.39 is 0 Å². The van der Waals surface area contributed by atoms with Gasteiger partial charge in [-0.1, -0.05) is 28.1 Å². The molecule has 21 heavy (non-hydrogen) atoms. The lowest BCUT2D eigenvalue weighted by Gasteiger charge is -2.15. The van der Waals surface area contributed by atoms with Crippen molar-refractivity contribution < 1.29 is 14.2 Å². The van der Waals surface area contributed by atoms with Gasteiger partial charge in [-0.2, -0.15) is 0 Å². The van der Waals surface area contributed by atoms with E-state index in [9.17, 15) is 0 Å². The van der Waals surface area contributed by atoms with Gasteiger partial charge in [0.15, 0.2) is 11.5 Å². The largest absolute Gasteiger partial charge is 0.493 e. The van der Waals surface area contributed by atoms with Crippen molar-refractivity contribution in [1.29, 1.82) is 0 Å². The van der Waals surface area contributed by atoms with Crippen molar-refractivity contribution in [2.24, 2.45) is 0 Å². The minimum absolute atomic E-state index is 0.388. The van der Waals surface area contributed by atoms with Crippen molar-refractivity contribution in [3.05, 3.63) is 52.0 Å². The number of rotatable bonds is 6. The van der Waals surface area contributed by atoms with Crippen LogP contribution in [0.2, 0.25) is 0 Å². The number of alkyl halides is 1. The van der Waals surface area contributed by atoms with E-state index in [1.165, 1.54) is 0 Å². The lowest BCUT2D eigenvalue weighted by Crippen LogP contribution is -2.01. The van der Waals surface area contributed by atoms with E-state index in [1.807, 2.05) is 36.4 Å². The number of benzene rings is 2. The van der Waals surface area contributed by atoms with E-state index in [0.717, 1.165) is 15.6 Å². The van der Waals surface area contributed by atoms with Gasteiger partial charge in [0.05, 0.1) is 14.2 Å². The molecule has 0 spiro atoms. The van der Waals surface area contributed by atoms with Crippen molar-refractivity contribution in [2.75, 3.05) is 14.2 Å². The average molecular weight is 372 g/mol. The highest BCUT2D eigenvalue weighted by Gasteiger charge is 2.14. The normalized spacial score (nSPS) is 10.3. The highest BCUT2D eigenvalue weighted by Crippen LogP contribution is 2.39. The molecule has 0 saturated heterocycles. The molecule has 3 nitrogen and oxygen atoms in total. The Labute approximate surface area is 137 Å². The lowest BCUT2D eigenvalue weighted by atomic mass is 10.2. The molecular weight excluding hydrogens is 356 g/mol. The summed E-state index contributed by atoms with van der Waals surface area (Å²) < 4.78 is 17.6. The van der Waals surface area contributed by atoms with Crippen LogP contribution in [0.1, 0.15) is 11.1 Å². The van der Waals surface area contributed by atoms with Crippen LogP contribution in [0.15, 0.2) is 40.9 Å². The second-order valence-electron chi connectivity index (χ2n) is 4.38. The Hall–Kier alpha value is -1.39. The summed E-state index contributed by atoms with van der Waals surface area (Å²) in [6.07, 6.45) is 0. The number of ether oxygens (including phenoxy) is 3. The molecule has 0 atom stereocenters. The molecule has 0 heterocycles. The van der Waals surface area contributed by atoms with E-state index in [0.29, 0.717) is 29.7 Å². The molecule has 2 aromatic rings. The third-order valence-corrected chi connectivity index (χ3v) is 3.75. The lowest BCUT2D eigenvalue weighted by molar-refractivity contribution is 0.265. The first-order valence-corrected chi connectivity index (χ1v) is 7.68. The Morgan fingerprint density at radius 2 is 1.67 bits per heavy atom. The summed E-state index contributed by atoms with van der Waals surface area (Å²) in [5.74, 6) is 2.19. The predicted molar refractivity (Wildman–Crippen MR) is 87.6 cm³/mol. The van der Waals surface area contributed by atoms with Gasteiger partial charge in [-0.15, -0.1) is 11.6 Å². The van der Waals surface area contributed by atoms with Crippen LogP contribution in [-0.2, 0) is 12.5 Å². The van der Waals surface area contributed by atoms with Crippen molar-refractivity contribution in [2.45, 2.75) is 12.5 Å². The van der Waals surface area contributed by atoms with Gasteiger partial charge in [-0.05, 0) is 35.4 Å². The second-order valence-corrected chi connectivity index (χ2v) is 5.56. The zero-order valence-electron chi connectivity index (χ0n) is 11.9. The molecule has 5 heteroatoms. The van der Waals surface area contributed by atoms with Crippen molar-refractivity contribution in [3.63, 3.8) is 0 Å². The Morgan fingerprint density at radius 3 is 2.19 bits per heavy atom. The maximum atomic E-state index is 5.88. The molecule has 0 amide bonds. The summed E-state index contributed by atoms with van der Waals surface area (Å²) in [5, 5.41) is 0. The Morgan fingerprint density at radius 1 is 1.00 bits per heavy atom. The topological polar surface area (TPSA) is 27.7 Å². The summed E-state index contributed by atoms with van der Waals surface area (Å²) in [4.78, 5) is 0. The molecule has 2 aromatic carbocycles. The molecule has 0 aliphatic rings. The van der Waals surface area contributed by atoms with E-state index in [1.54, 1.807) is 14.2 Å². The van der Waals surface area contributed by atoms with Gasteiger partial charge in [0.2, 0.25) is 5.75 Å². The fourth-order valence-electron chi connectivity index (χ4n) is 1.94. The summed E-state index contributed by atoms with van der Waals surface area (Å²) >= 11 is 9.31. The molecule has 2 rings (SSSR count). The SMILES string of the molecule is COc1cc(CCl)cc(OC)c1OCc1cccc(Br)c1. The fraction of sp³-hybridized carbons (Fsp3) is 0.250. The molecule has 0 aliphatic heterocycles. The molecule has 0 radical (unpaired) electrons. The van der Waals surface area contributed by atoms with Crippen LogP contribution in [0.25, 0.3) is 0 Å². The van der Waals surface area contributed by atoms with Gasteiger partial charge in [0, 0.05) is 10.4 Å². The van der Waals surface area contributed by atoms with Crippen LogP contribution in [0.3, 0.4) is 0 Å². The Kier molecular flexibility index (Phi) is 5.76. The van der Waals surface area contributed by atoms with Crippen LogP contribution in [0.4, 0.5) is 0 Å². The zero-order valence-corrected chi connectivity index (χ0v) is 14.2. The molecule has 0 bridgehead atoms. The Balaban J connectivity index is 2.26. The predicted octanol–water partition coefficient (Wildman–Crippen LogP) is 4.78. The zero-order chi connectivity index (χ0) is 15.2. The van der Waals surface area contributed by atoms with E-state index in [2.05, 4.69) is 15.9 Å². The molecular formula is C16H16BrClO3. The number of halogens is 2. The van der Waals surface area contributed by atoms with E-state index in [-0.39, 0.29) is 0 Å². The van der Waals surface area contributed by atoms with Crippen LogP contribution in [0, 0.1) is 0 Å². The van der Waals surface area contributed by atoms with Crippen LogP contribution < -0.4 is 14.2 Å². The molecule has 0 fully saturated rings. The van der Waals surface area contributed by atoms with Crippen molar-refractivity contribution in [3.8, 4) is 17.2 Å². The number of methoxy groups -OCH3 is 2. The third kappa shape index (κ3) is 4.05. The number of hydrogen-bond donors (Lipinski definition) is 0. The minimum atomic E-state index is 0.388. The summed E-state index contributed by atoms with van der Waals surface area (Å²) in [5.41, 5.74) is 1.97. The molecule has 0 saturated carbocycles. The Bertz CT molecular complexity index is 591. The first kappa shape index (κ1) is 16.0.